The summed E-state index contributed by atoms with van der Waals surface area (Å²) in [6.07, 6.45) is 0.794. The molecule has 0 aromatic heterocycles. The van der Waals surface area contributed by atoms with Crippen LogP contribution in [-0.2, 0) is 16.1 Å². The van der Waals surface area contributed by atoms with Gasteiger partial charge in [0.05, 0.1) is 6.61 Å². The summed E-state index contributed by atoms with van der Waals surface area (Å²) in [5.74, 6) is 0.391. The summed E-state index contributed by atoms with van der Waals surface area (Å²) >= 11 is 12.0. The monoisotopic (exact) mass is 464 g/mol. The Labute approximate surface area is 194 Å². The lowest BCUT2D eigenvalue weighted by Gasteiger charge is -2.31. The largest absolute Gasteiger partial charge is 0.494 e. The van der Waals surface area contributed by atoms with E-state index in [4.69, 9.17) is 27.9 Å². The van der Waals surface area contributed by atoms with Gasteiger partial charge >= 0.3 is 0 Å². The molecule has 0 spiro atoms. The number of hydrogen-bond acceptors (Lipinski definition) is 3. The maximum absolute atomic E-state index is 13.0. The van der Waals surface area contributed by atoms with Crippen LogP contribution in [0.25, 0.3) is 0 Å². The van der Waals surface area contributed by atoms with E-state index in [-0.39, 0.29) is 23.8 Å². The molecule has 0 aliphatic rings. The van der Waals surface area contributed by atoms with Crippen LogP contribution in [0.4, 0.5) is 0 Å². The maximum Gasteiger partial charge on any atom is 0.242 e. The van der Waals surface area contributed by atoms with Crippen molar-refractivity contribution >= 4 is 35.0 Å². The first-order valence-corrected chi connectivity index (χ1v) is 11.0. The number of amides is 2. The molecule has 5 nitrogen and oxygen atoms in total. The summed E-state index contributed by atoms with van der Waals surface area (Å²) in [7, 11) is 0. The Bertz CT molecular complexity index is 879. The van der Waals surface area contributed by atoms with Gasteiger partial charge in [0.1, 0.15) is 11.8 Å². The number of ether oxygens (including phenoxy) is 1. The molecule has 0 aliphatic carbocycles. The molecule has 2 aromatic rings. The average Bonchev–Trinajstić information content (AvgIpc) is 2.69. The van der Waals surface area contributed by atoms with Crippen LogP contribution in [0.3, 0.4) is 0 Å². The number of halogens is 2. The molecule has 2 rings (SSSR count). The van der Waals surface area contributed by atoms with Crippen molar-refractivity contribution in [3.63, 3.8) is 0 Å². The first-order valence-electron chi connectivity index (χ1n) is 10.3. The summed E-state index contributed by atoms with van der Waals surface area (Å²) in [5.41, 5.74) is 0.483. The van der Waals surface area contributed by atoms with E-state index in [0.29, 0.717) is 35.4 Å². The predicted octanol–water partition coefficient (Wildman–Crippen LogP) is 5.48. The van der Waals surface area contributed by atoms with Crippen molar-refractivity contribution in [3.05, 3.63) is 64.1 Å². The van der Waals surface area contributed by atoms with Crippen LogP contribution in [0.2, 0.25) is 10.0 Å². The van der Waals surface area contributed by atoms with Crippen molar-refractivity contribution in [1.29, 1.82) is 0 Å². The second-order valence-electron chi connectivity index (χ2n) is 8.47. The van der Waals surface area contributed by atoms with Gasteiger partial charge in [-0.1, -0.05) is 35.3 Å². The number of carbonyl (C=O) groups excluding carboxylic acids is 2. The van der Waals surface area contributed by atoms with Crippen LogP contribution in [0, 0.1) is 0 Å². The molecule has 0 heterocycles. The highest BCUT2D eigenvalue weighted by atomic mass is 35.5. The predicted molar refractivity (Wildman–Crippen MR) is 126 cm³/mol. The zero-order chi connectivity index (χ0) is 23.0. The molecule has 2 aromatic carbocycles. The minimum atomic E-state index is -0.622. The fraction of sp³-hybridized carbons (Fsp3) is 0.417. The number of benzene rings is 2. The SMILES string of the molecule is C[C@@H](C(=O)NC(C)(C)C)N(Cc1cccc(Cl)c1)C(=O)CCCOc1ccc(Cl)cc1. The standard InChI is InChI=1S/C24H30Cl2N2O3/c1-17(23(30)27-24(2,3)4)28(16-18-7-5-8-20(26)15-18)22(29)9-6-14-31-21-12-10-19(25)11-13-21/h5,7-8,10-13,15,17H,6,9,14,16H2,1-4H3,(H,27,30)/t17-/m0/s1. The molecule has 0 saturated heterocycles. The maximum atomic E-state index is 13.0. The second-order valence-corrected chi connectivity index (χ2v) is 9.35. The lowest BCUT2D eigenvalue weighted by Crippen LogP contribution is -2.52. The summed E-state index contributed by atoms with van der Waals surface area (Å²) in [5, 5.41) is 4.18. The van der Waals surface area contributed by atoms with E-state index in [2.05, 4.69) is 5.32 Å². The lowest BCUT2D eigenvalue weighted by atomic mass is 10.1. The molecular formula is C24H30Cl2N2O3. The van der Waals surface area contributed by atoms with Crippen molar-refractivity contribution in [3.8, 4) is 5.75 Å². The van der Waals surface area contributed by atoms with E-state index in [1.807, 2.05) is 32.9 Å². The molecule has 2 amide bonds. The van der Waals surface area contributed by atoms with Crippen molar-refractivity contribution in [2.75, 3.05) is 6.61 Å². The van der Waals surface area contributed by atoms with Crippen LogP contribution in [0.15, 0.2) is 48.5 Å². The number of nitrogens with one attached hydrogen (secondary N) is 1. The second kappa shape index (κ2) is 11.4. The molecule has 7 heteroatoms. The van der Waals surface area contributed by atoms with Crippen LogP contribution in [-0.4, -0.2) is 34.9 Å². The quantitative estimate of drug-likeness (QED) is 0.499. The van der Waals surface area contributed by atoms with E-state index >= 15 is 0 Å². The highest BCUT2D eigenvalue weighted by molar-refractivity contribution is 6.30. The van der Waals surface area contributed by atoms with Crippen LogP contribution in [0.5, 0.6) is 5.75 Å². The molecule has 0 bridgehead atoms. The van der Waals surface area contributed by atoms with E-state index in [9.17, 15) is 9.59 Å². The average molecular weight is 465 g/mol. The third-order valence-electron chi connectivity index (χ3n) is 4.52. The molecule has 0 saturated carbocycles. The van der Waals surface area contributed by atoms with Crippen molar-refractivity contribution in [2.45, 2.75) is 58.7 Å². The summed E-state index contributed by atoms with van der Waals surface area (Å²) in [6, 6.07) is 13.8. The number of carbonyl (C=O) groups is 2. The van der Waals surface area contributed by atoms with Gasteiger partial charge in [-0.05, 0) is 76.1 Å². The van der Waals surface area contributed by atoms with Crippen molar-refractivity contribution in [1.82, 2.24) is 10.2 Å². The van der Waals surface area contributed by atoms with Gasteiger partial charge in [-0.2, -0.15) is 0 Å². The lowest BCUT2D eigenvalue weighted by molar-refractivity contribution is -0.141. The summed E-state index contributed by atoms with van der Waals surface area (Å²) < 4.78 is 5.67. The summed E-state index contributed by atoms with van der Waals surface area (Å²) in [4.78, 5) is 27.4. The fourth-order valence-electron chi connectivity index (χ4n) is 2.98. The molecule has 0 unspecified atom stereocenters. The first-order chi connectivity index (χ1) is 14.5. The van der Waals surface area contributed by atoms with Crippen LogP contribution in [0.1, 0.15) is 46.1 Å². The first kappa shape index (κ1) is 25.0. The molecular weight excluding hydrogens is 435 g/mol. The van der Waals surface area contributed by atoms with Gasteiger partial charge in [0.15, 0.2) is 0 Å². The minimum absolute atomic E-state index is 0.115. The third-order valence-corrected chi connectivity index (χ3v) is 5.01. The molecule has 0 radical (unpaired) electrons. The Morgan fingerprint density at radius 2 is 1.74 bits per heavy atom. The smallest absolute Gasteiger partial charge is 0.242 e. The molecule has 0 aliphatic heterocycles. The molecule has 1 atom stereocenters. The molecule has 0 fully saturated rings. The third kappa shape index (κ3) is 8.80. The zero-order valence-electron chi connectivity index (χ0n) is 18.5. The highest BCUT2D eigenvalue weighted by Crippen LogP contribution is 2.18. The molecule has 31 heavy (non-hydrogen) atoms. The Kier molecular flexibility index (Phi) is 9.20. The van der Waals surface area contributed by atoms with E-state index in [1.165, 1.54) is 0 Å². The van der Waals surface area contributed by atoms with Crippen LogP contribution < -0.4 is 10.1 Å². The van der Waals surface area contributed by atoms with Gasteiger partial charge in [-0.15, -0.1) is 0 Å². The fourth-order valence-corrected chi connectivity index (χ4v) is 3.32. The normalized spacial score (nSPS) is 12.2. The number of hydrogen-bond donors (Lipinski definition) is 1. The van der Waals surface area contributed by atoms with E-state index in [0.717, 1.165) is 5.56 Å². The highest BCUT2D eigenvalue weighted by Gasteiger charge is 2.28. The van der Waals surface area contributed by atoms with Gasteiger partial charge in [-0.3, -0.25) is 9.59 Å². The van der Waals surface area contributed by atoms with E-state index in [1.54, 1.807) is 48.2 Å². The zero-order valence-corrected chi connectivity index (χ0v) is 20.0. The topological polar surface area (TPSA) is 58.6 Å². The Morgan fingerprint density at radius 3 is 2.35 bits per heavy atom. The van der Waals surface area contributed by atoms with Gasteiger partial charge in [0.2, 0.25) is 11.8 Å². The number of rotatable bonds is 9. The van der Waals surface area contributed by atoms with Gasteiger partial charge in [0, 0.05) is 28.5 Å². The minimum Gasteiger partial charge on any atom is -0.494 e. The summed E-state index contributed by atoms with van der Waals surface area (Å²) in [6.45, 7) is 8.17. The Hall–Kier alpha value is -2.24. The Balaban J connectivity index is 2.02. The van der Waals surface area contributed by atoms with E-state index < -0.39 is 6.04 Å². The van der Waals surface area contributed by atoms with Crippen LogP contribution >= 0.6 is 23.2 Å². The number of nitrogens with zero attached hydrogens (tertiary/aromatic N) is 1. The van der Waals surface area contributed by atoms with Gasteiger partial charge < -0.3 is 15.0 Å². The molecule has 168 valence electrons. The molecule has 1 N–H and O–H groups in total. The van der Waals surface area contributed by atoms with Gasteiger partial charge in [-0.25, -0.2) is 0 Å². The van der Waals surface area contributed by atoms with Crippen molar-refractivity contribution in [2.24, 2.45) is 0 Å². The van der Waals surface area contributed by atoms with Crippen molar-refractivity contribution < 1.29 is 14.3 Å². The van der Waals surface area contributed by atoms with Gasteiger partial charge in [0.25, 0.3) is 0 Å². The Morgan fingerprint density at radius 1 is 1.06 bits per heavy atom.